The number of halogens is 1. The van der Waals surface area contributed by atoms with Crippen LogP contribution < -0.4 is 0 Å². The van der Waals surface area contributed by atoms with Gasteiger partial charge >= 0.3 is 0 Å². The molecule has 0 saturated carbocycles. The van der Waals surface area contributed by atoms with Gasteiger partial charge in [-0.2, -0.15) is 0 Å². The van der Waals surface area contributed by atoms with Crippen LogP contribution in [0.15, 0.2) is 72.4 Å². The van der Waals surface area contributed by atoms with Gasteiger partial charge in [-0.15, -0.1) is 0 Å². The Morgan fingerprint density at radius 3 is 2.36 bits per heavy atom. The normalized spacial score (nSPS) is 16.0. The predicted molar refractivity (Wildman–Crippen MR) is 125 cm³/mol. The molecule has 0 fully saturated rings. The maximum Gasteiger partial charge on any atom is 0.278 e. The highest BCUT2D eigenvalue weighted by Gasteiger charge is 2.42. The Balaban J connectivity index is 1.59. The molecule has 5 rings (SSSR count). The third kappa shape index (κ3) is 3.74. The van der Waals surface area contributed by atoms with Gasteiger partial charge in [-0.3, -0.25) is 14.5 Å². The monoisotopic (exact) mass is 440 g/mol. The first-order valence-corrected chi connectivity index (χ1v) is 11.2. The summed E-state index contributed by atoms with van der Waals surface area (Å²) in [5, 5.41) is 0. The van der Waals surface area contributed by atoms with E-state index >= 15 is 0 Å². The number of rotatable bonds is 4. The van der Waals surface area contributed by atoms with Crippen molar-refractivity contribution >= 4 is 17.4 Å². The number of aryl methyl sites for hydroxylation is 2. The molecule has 0 atom stereocenters. The zero-order valence-electron chi connectivity index (χ0n) is 18.8. The van der Waals surface area contributed by atoms with Crippen molar-refractivity contribution in [2.75, 3.05) is 6.54 Å². The molecule has 0 bridgehead atoms. The highest BCUT2D eigenvalue weighted by Crippen LogP contribution is 2.36. The summed E-state index contributed by atoms with van der Waals surface area (Å²) in [5.74, 6) is -1.16. The lowest BCUT2D eigenvalue weighted by Crippen LogP contribution is -2.37. The van der Waals surface area contributed by atoms with Crippen molar-refractivity contribution in [1.82, 2.24) is 9.80 Å². The van der Waals surface area contributed by atoms with Crippen LogP contribution in [0.25, 0.3) is 5.57 Å². The number of carbonyl (C=O) groups excluding carboxylic acids is 2. The smallest absolute Gasteiger partial charge is 0.278 e. The van der Waals surface area contributed by atoms with Gasteiger partial charge in [0.1, 0.15) is 11.5 Å². The number of hydrogen-bond acceptors (Lipinski definition) is 3. The topological polar surface area (TPSA) is 40.6 Å². The van der Waals surface area contributed by atoms with Crippen molar-refractivity contribution in [3.63, 3.8) is 0 Å². The Kier molecular flexibility index (Phi) is 5.33. The van der Waals surface area contributed by atoms with Gasteiger partial charge in [0.2, 0.25) is 0 Å². The summed E-state index contributed by atoms with van der Waals surface area (Å²) in [6.07, 6.45) is 0.800. The van der Waals surface area contributed by atoms with Crippen LogP contribution in [0.5, 0.6) is 0 Å². The third-order valence-electron chi connectivity index (χ3n) is 6.53. The van der Waals surface area contributed by atoms with Crippen molar-refractivity contribution in [2.24, 2.45) is 0 Å². The molecule has 4 nitrogen and oxygen atoms in total. The maximum atomic E-state index is 14.4. The zero-order chi connectivity index (χ0) is 23.1. The van der Waals surface area contributed by atoms with Crippen molar-refractivity contribution in [3.8, 4) is 0 Å². The molecule has 2 amide bonds. The number of fused-ring (bicyclic) bond motifs is 1. The minimum atomic E-state index is -0.425. The summed E-state index contributed by atoms with van der Waals surface area (Å²) in [6, 6.07) is 20.3. The van der Waals surface area contributed by atoms with Gasteiger partial charge in [0.05, 0.1) is 12.1 Å². The Morgan fingerprint density at radius 2 is 1.61 bits per heavy atom. The van der Waals surface area contributed by atoms with E-state index in [0.717, 1.165) is 28.7 Å². The number of amides is 2. The Bertz CT molecular complexity index is 1310. The second kappa shape index (κ2) is 8.32. The zero-order valence-corrected chi connectivity index (χ0v) is 18.8. The van der Waals surface area contributed by atoms with Crippen molar-refractivity contribution in [2.45, 2.75) is 33.4 Å². The number of carbonyl (C=O) groups is 2. The van der Waals surface area contributed by atoms with Crippen molar-refractivity contribution in [1.29, 1.82) is 0 Å². The second-order valence-corrected chi connectivity index (χ2v) is 8.77. The lowest BCUT2D eigenvalue weighted by molar-refractivity contribution is -0.138. The fourth-order valence-corrected chi connectivity index (χ4v) is 4.82. The van der Waals surface area contributed by atoms with E-state index in [1.807, 2.05) is 49.1 Å². The van der Waals surface area contributed by atoms with Gasteiger partial charge in [0, 0.05) is 18.7 Å². The van der Waals surface area contributed by atoms with E-state index in [-0.39, 0.29) is 18.4 Å². The molecule has 2 aliphatic rings. The first kappa shape index (κ1) is 21.1. The number of imide groups is 1. The van der Waals surface area contributed by atoms with Gasteiger partial charge in [-0.25, -0.2) is 4.39 Å². The molecule has 0 aliphatic carbocycles. The summed E-state index contributed by atoms with van der Waals surface area (Å²) in [6.45, 7) is 5.07. The van der Waals surface area contributed by atoms with E-state index in [0.29, 0.717) is 29.9 Å². The van der Waals surface area contributed by atoms with Crippen LogP contribution >= 0.6 is 0 Å². The highest BCUT2D eigenvalue weighted by atomic mass is 19.1. The van der Waals surface area contributed by atoms with Gasteiger partial charge in [-0.05, 0) is 48.6 Å². The van der Waals surface area contributed by atoms with E-state index in [1.165, 1.54) is 16.5 Å². The molecule has 2 aliphatic heterocycles. The molecule has 0 radical (unpaired) electrons. The average Bonchev–Trinajstić information content (AvgIpc) is 3.05. The number of hydrogen-bond donors (Lipinski definition) is 0. The van der Waals surface area contributed by atoms with Crippen LogP contribution in [-0.2, 0) is 29.1 Å². The first-order valence-electron chi connectivity index (χ1n) is 11.2. The number of nitrogens with zero attached hydrogens (tertiary/aromatic N) is 2. The predicted octanol–water partition coefficient (Wildman–Crippen LogP) is 4.78. The fraction of sp³-hybridized carbons (Fsp3) is 0.214. The van der Waals surface area contributed by atoms with Crippen molar-refractivity contribution < 1.29 is 14.0 Å². The Hall–Kier alpha value is -3.73. The lowest BCUT2D eigenvalue weighted by Gasteiger charge is -2.31. The molecule has 166 valence electrons. The van der Waals surface area contributed by atoms with E-state index in [9.17, 15) is 14.0 Å². The van der Waals surface area contributed by atoms with E-state index < -0.39 is 5.82 Å². The van der Waals surface area contributed by atoms with Crippen LogP contribution in [0.2, 0.25) is 0 Å². The molecule has 0 unspecified atom stereocenters. The third-order valence-corrected chi connectivity index (χ3v) is 6.53. The van der Waals surface area contributed by atoms with Gasteiger partial charge in [0.25, 0.3) is 11.8 Å². The fourth-order valence-electron chi connectivity index (χ4n) is 4.82. The van der Waals surface area contributed by atoms with E-state index in [1.54, 1.807) is 18.2 Å². The molecule has 0 spiro atoms. The molecule has 33 heavy (non-hydrogen) atoms. The minimum absolute atomic E-state index is 0.0906. The second-order valence-electron chi connectivity index (χ2n) is 8.77. The van der Waals surface area contributed by atoms with Crippen LogP contribution in [0.3, 0.4) is 0 Å². The lowest BCUT2D eigenvalue weighted by atomic mass is 9.95. The molecule has 2 heterocycles. The van der Waals surface area contributed by atoms with Gasteiger partial charge in [-0.1, -0.05) is 66.2 Å². The SMILES string of the molecule is Cc1ccc(C2=C(N3CCc4ccccc4C3)C(=O)N(Cc3ccccc3F)C2=O)c(C)c1. The quantitative estimate of drug-likeness (QED) is 0.548. The van der Waals surface area contributed by atoms with E-state index in [4.69, 9.17) is 0 Å². The van der Waals surface area contributed by atoms with Crippen LogP contribution in [-0.4, -0.2) is 28.2 Å². The molecule has 0 aromatic heterocycles. The maximum absolute atomic E-state index is 14.4. The van der Waals surface area contributed by atoms with Gasteiger partial charge in [0.15, 0.2) is 0 Å². The van der Waals surface area contributed by atoms with Gasteiger partial charge < -0.3 is 4.90 Å². The summed E-state index contributed by atoms with van der Waals surface area (Å²) >= 11 is 0. The summed E-state index contributed by atoms with van der Waals surface area (Å²) in [7, 11) is 0. The van der Waals surface area contributed by atoms with Crippen LogP contribution in [0.1, 0.15) is 33.4 Å². The summed E-state index contributed by atoms with van der Waals surface area (Å²) in [5.41, 5.74) is 6.35. The molecular weight excluding hydrogens is 415 g/mol. The first-order chi connectivity index (χ1) is 15.9. The van der Waals surface area contributed by atoms with Crippen LogP contribution in [0.4, 0.5) is 4.39 Å². The Labute approximate surface area is 193 Å². The number of benzene rings is 3. The highest BCUT2D eigenvalue weighted by molar-refractivity contribution is 6.35. The van der Waals surface area contributed by atoms with E-state index in [2.05, 4.69) is 12.1 Å². The Morgan fingerprint density at radius 1 is 0.879 bits per heavy atom. The molecule has 0 N–H and O–H groups in total. The standard InChI is InChI=1S/C28H25FN2O2/c1-18-11-12-23(19(2)15-18)25-26(30-14-13-20-7-3-4-8-21(20)16-30)28(33)31(27(25)32)17-22-9-5-6-10-24(22)29/h3-12,15H,13-14,16-17H2,1-2H3. The molecule has 3 aromatic carbocycles. The summed E-state index contributed by atoms with van der Waals surface area (Å²) < 4.78 is 14.4. The molecule has 3 aromatic rings. The largest absolute Gasteiger partial charge is 0.362 e. The van der Waals surface area contributed by atoms with Crippen LogP contribution in [0, 0.1) is 19.7 Å². The molecular formula is C28H25FN2O2. The minimum Gasteiger partial charge on any atom is -0.362 e. The average molecular weight is 441 g/mol. The summed E-state index contributed by atoms with van der Waals surface area (Å²) in [4.78, 5) is 30.5. The molecule has 5 heteroatoms. The van der Waals surface area contributed by atoms with Crippen molar-refractivity contribution in [3.05, 3.63) is 112 Å². The molecule has 0 saturated heterocycles.